The topological polar surface area (TPSA) is 39.7 Å². The van der Waals surface area contributed by atoms with E-state index in [9.17, 15) is 0 Å². The zero-order chi connectivity index (χ0) is 16.7. The van der Waals surface area contributed by atoms with E-state index in [1.165, 1.54) is 24.0 Å². The van der Waals surface area contributed by atoms with Gasteiger partial charge in [-0.1, -0.05) is 24.3 Å². The van der Waals surface area contributed by atoms with Crippen molar-refractivity contribution in [1.29, 1.82) is 0 Å². The molecule has 1 aliphatic carbocycles. The fourth-order valence-corrected chi connectivity index (χ4v) is 2.39. The van der Waals surface area contributed by atoms with Crippen molar-refractivity contribution in [3.8, 4) is 0 Å². The summed E-state index contributed by atoms with van der Waals surface area (Å²) in [5.74, 6) is 1.79. The van der Waals surface area contributed by atoms with Gasteiger partial charge in [-0.15, -0.1) is 24.0 Å². The second-order valence-electron chi connectivity index (χ2n) is 6.80. The Morgan fingerprint density at radius 3 is 2.46 bits per heavy atom. The first-order chi connectivity index (χ1) is 11.1. The van der Waals surface area contributed by atoms with Gasteiger partial charge in [0, 0.05) is 25.7 Å². The molecule has 0 unspecified atom stereocenters. The first-order valence-corrected chi connectivity index (χ1v) is 8.89. The zero-order valence-electron chi connectivity index (χ0n) is 15.5. The fourth-order valence-electron chi connectivity index (χ4n) is 2.39. The number of benzene rings is 1. The highest BCUT2D eigenvalue weighted by Gasteiger charge is 2.21. The van der Waals surface area contributed by atoms with Crippen LogP contribution < -0.4 is 10.6 Å². The molecular formula is C19H33IN4. The lowest BCUT2D eigenvalue weighted by Crippen LogP contribution is -2.38. The Hall–Kier alpha value is -0.820. The normalized spacial score (nSPS) is 14.7. The highest BCUT2D eigenvalue weighted by Crippen LogP contribution is 2.27. The van der Waals surface area contributed by atoms with Gasteiger partial charge in [-0.2, -0.15) is 0 Å². The molecule has 0 spiro atoms. The quantitative estimate of drug-likeness (QED) is 0.366. The second kappa shape index (κ2) is 10.9. The van der Waals surface area contributed by atoms with Gasteiger partial charge in [0.15, 0.2) is 5.96 Å². The molecule has 1 aliphatic rings. The Balaban J connectivity index is 0.00000288. The maximum absolute atomic E-state index is 4.77. The molecule has 1 fully saturated rings. The Morgan fingerprint density at radius 1 is 1.21 bits per heavy atom. The molecule has 2 N–H and O–H groups in total. The van der Waals surface area contributed by atoms with Gasteiger partial charge in [0.05, 0.1) is 6.54 Å². The molecule has 0 aliphatic heterocycles. The van der Waals surface area contributed by atoms with Crippen molar-refractivity contribution in [2.24, 2.45) is 10.9 Å². The first-order valence-electron chi connectivity index (χ1n) is 8.89. The van der Waals surface area contributed by atoms with Gasteiger partial charge in [-0.05, 0) is 57.7 Å². The summed E-state index contributed by atoms with van der Waals surface area (Å²) in [6.07, 6.45) is 2.72. The van der Waals surface area contributed by atoms with E-state index in [0.717, 1.165) is 38.1 Å². The van der Waals surface area contributed by atoms with Gasteiger partial charge in [0.25, 0.3) is 0 Å². The number of halogens is 1. The maximum atomic E-state index is 4.77. The minimum Gasteiger partial charge on any atom is -0.357 e. The third kappa shape index (κ3) is 7.38. The van der Waals surface area contributed by atoms with Crippen LogP contribution in [0.1, 0.15) is 44.7 Å². The lowest BCUT2D eigenvalue weighted by molar-refractivity contribution is 0.265. The molecule has 0 aromatic heterocycles. The van der Waals surface area contributed by atoms with Gasteiger partial charge < -0.3 is 10.6 Å². The van der Waals surface area contributed by atoms with Gasteiger partial charge in [-0.25, -0.2) is 4.99 Å². The molecule has 136 valence electrons. The molecule has 1 aromatic carbocycles. The molecule has 24 heavy (non-hydrogen) atoms. The predicted octanol–water partition coefficient (Wildman–Crippen LogP) is 3.61. The maximum Gasteiger partial charge on any atom is 0.191 e. The highest BCUT2D eigenvalue weighted by atomic mass is 127. The minimum atomic E-state index is 0. The van der Waals surface area contributed by atoms with Gasteiger partial charge in [0.2, 0.25) is 0 Å². The van der Waals surface area contributed by atoms with Crippen LogP contribution in [0, 0.1) is 5.92 Å². The van der Waals surface area contributed by atoms with Crippen LogP contribution in [-0.2, 0) is 13.1 Å². The van der Waals surface area contributed by atoms with Crippen molar-refractivity contribution in [3.05, 3.63) is 35.4 Å². The second-order valence-corrected chi connectivity index (χ2v) is 6.80. The Kier molecular flexibility index (Phi) is 9.66. The van der Waals surface area contributed by atoms with Crippen molar-refractivity contribution < 1.29 is 0 Å². The van der Waals surface area contributed by atoms with Crippen LogP contribution in [0.2, 0.25) is 0 Å². The largest absolute Gasteiger partial charge is 0.357 e. The van der Waals surface area contributed by atoms with Crippen LogP contribution in [0.3, 0.4) is 0 Å². The molecule has 0 amide bonds. The first kappa shape index (κ1) is 21.2. The summed E-state index contributed by atoms with van der Waals surface area (Å²) in [6, 6.07) is 9.18. The van der Waals surface area contributed by atoms with Crippen molar-refractivity contribution in [2.45, 2.75) is 52.7 Å². The van der Waals surface area contributed by atoms with Gasteiger partial charge in [-0.3, -0.25) is 4.90 Å². The molecule has 2 rings (SSSR count). The molecule has 0 radical (unpaired) electrons. The predicted molar refractivity (Wildman–Crippen MR) is 114 cm³/mol. The lowest BCUT2D eigenvalue weighted by Gasteiger charge is -2.22. The lowest BCUT2D eigenvalue weighted by atomic mass is 10.1. The van der Waals surface area contributed by atoms with E-state index in [-0.39, 0.29) is 24.0 Å². The summed E-state index contributed by atoms with van der Waals surface area (Å²) in [7, 11) is 2.17. The number of hydrogen-bond acceptors (Lipinski definition) is 2. The standard InChI is InChI=1S/C19H32N4.HI/c1-5-20-19(21-12-16-10-11-16)22-13-17-8-6-7-9-18(17)14-23(4)15(2)3;/h6-9,15-16H,5,10-14H2,1-4H3,(H2,20,21,22);1H. The van der Waals surface area contributed by atoms with E-state index < -0.39 is 0 Å². The molecule has 0 saturated heterocycles. The minimum absolute atomic E-state index is 0. The van der Waals surface area contributed by atoms with Gasteiger partial charge >= 0.3 is 0 Å². The summed E-state index contributed by atoms with van der Waals surface area (Å²) < 4.78 is 0. The van der Waals surface area contributed by atoms with Crippen LogP contribution in [0.25, 0.3) is 0 Å². The summed E-state index contributed by atoms with van der Waals surface area (Å²) in [4.78, 5) is 7.13. The highest BCUT2D eigenvalue weighted by molar-refractivity contribution is 14.0. The van der Waals surface area contributed by atoms with Crippen molar-refractivity contribution in [1.82, 2.24) is 15.5 Å². The number of nitrogens with zero attached hydrogens (tertiary/aromatic N) is 2. The number of hydrogen-bond donors (Lipinski definition) is 2. The average Bonchev–Trinajstić information content (AvgIpc) is 3.35. The monoisotopic (exact) mass is 444 g/mol. The van der Waals surface area contributed by atoms with Crippen LogP contribution in [0.15, 0.2) is 29.3 Å². The molecular weight excluding hydrogens is 411 g/mol. The molecule has 1 aromatic rings. The number of guanidine groups is 1. The molecule has 4 nitrogen and oxygen atoms in total. The molecule has 0 heterocycles. The number of aliphatic imine (C=N–C) groups is 1. The van der Waals surface area contributed by atoms with Crippen LogP contribution >= 0.6 is 24.0 Å². The third-order valence-corrected chi connectivity index (χ3v) is 4.43. The molecule has 1 saturated carbocycles. The Morgan fingerprint density at radius 2 is 1.88 bits per heavy atom. The summed E-state index contributed by atoms with van der Waals surface area (Å²) in [5.41, 5.74) is 2.68. The third-order valence-electron chi connectivity index (χ3n) is 4.43. The average molecular weight is 444 g/mol. The van der Waals surface area contributed by atoms with E-state index in [2.05, 4.69) is 67.6 Å². The summed E-state index contributed by atoms with van der Waals surface area (Å²) in [6.45, 7) is 10.2. The molecule has 0 bridgehead atoms. The van der Waals surface area contributed by atoms with Crippen molar-refractivity contribution >= 4 is 29.9 Å². The molecule has 5 heteroatoms. The van der Waals surface area contributed by atoms with Crippen molar-refractivity contribution in [2.75, 3.05) is 20.1 Å². The van der Waals surface area contributed by atoms with E-state index in [0.29, 0.717) is 6.04 Å². The Bertz CT molecular complexity index is 512. The molecule has 0 atom stereocenters. The smallest absolute Gasteiger partial charge is 0.191 e. The summed E-state index contributed by atoms with van der Waals surface area (Å²) in [5, 5.41) is 6.80. The van der Waals surface area contributed by atoms with E-state index in [4.69, 9.17) is 4.99 Å². The van der Waals surface area contributed by atoms with E-state index in [1.54, 1.807) is 0 Å². The van der Waals surface area contributed by atoms with Gasteiger partial charge in [0.1, 0.15) is 0 Å². The summed E-state index contributed by atoms with van der Waals surface area (Å²) >= 11 is 0. The fraction of sp³-hybridized carbons (Fsp3) is 0.632. The van der Waals surface area contributed by atoms with Crippen LogP contribution in [0.4, 0.5) is 0 Å². The zero-order valence-corrected chi connectivity index (χ0v) is 17.8. The van der Waals surface area contributed by atoms with Crippen LogP contribution in [-0.4, -0.2) is 37.0 Å². The van der Waals surface area contributed by atoms with E-state index in [1.807, 2.05) is 0 Å². The number of rotatable bonds is 8. The van der Waals surface area contributed by atoms with Crippen molar-refractivity contribution in [3.63, 3.8) is 0 Å². The van der Waals surface area contributed by atoms with Crippen LogP contribution in [0.5, 0.6) is 0 Å². The Labute approximate surface area is 164 Å². The van der Waals surface area contributed by atoms with E-state index >= 15 is 0 Å². The SMILES string of the molecule is CCNC(=NCc1ccccc1CN(C)C(C)C)NCC1CC1.I. The number of nitrogens with one attached hydrogen (secondary N) is 2.